The van der Waals surface area contributed by atoms with Gasteiger partial charge in [0.25, 0.3) is 0 Å². The zero-order valence-electron chi connectivity index (χ0n) is 13.0. The van der Waals surface area contributed by atoms with Crippen molar-refractivity contribution in [3.63, 3.8) is 0 Å². The van der Waals surface area contributed by atoms with Crippen LogP contribution < -0.4 is 14.2 Å². The van der Waals surface area contributed by atoms with E-state index in [0.29, 0.717) is 30.4 Å². The van der Waals surface area contributed by atoms with Crippen molar-refractivity contribution < 1.29 is 28.9 Å². The fraction of sp³-hybridized carbons (Fsp3) is 0.400. The number of nitrogens with zero attached hydrogens (tertiary/aromatic N) is 1. The van der Waals surface area contributed by atoms with Crippen molar-refractivity contribution in [2.45, 2.75) is 6.54 Å². The summed E-state index contributed by atoms with van der Waals surface area (Å²) in [5.74, 6) is 0.344. The molecule has 7 nitrogen and oxygen atoms in total. The Morgan fingerprint density at radius 1 is 1.32 bits per heavy atom. The minimum absolute atomic E-state index is 0.356. The first-order valence-corrected chi connectivity index (χ1v) is 6.56. The Hall–Kier alpha value is -2.25. The van der Waals surface area contributed by atoms with Gasteiger partial charge in [0.1, 0.15) is 17.2 Å². The van der Waals surface area contributed by atoms with Gasteiger partial charge in [-0.3, -0.25) is 4.84 Å². The Bertz CT molecular complexity index is 492. The van der Waals surface area contributed by atoms with Crippen LogP contribution in [0.25, 0.3) is 0 Å². The second-order valence-corrected chi connectivity index (χ2v) is 4.36. The summed E-state index contributed by atoms with van der Waals surface area (Å²) >= 11 is 0. The van der Waals surface area contributed by atoms with E-state index in [1.165, 1.54) is 14.2 Å². The number of aliphatic carboxylic acids is 1. The maximum Gasteiger partial charge on any atom is 0.341 e. The average molecular weight is 311 g/mol. The van der Waals surface area contributed by atoms with E-state index in [-0.39, 0.29) is 0 Å². The largest absolute Gasteiger partial charge is 0.496 e. The lowest BCUT2D eigenvalue weighted by atomic mass is 10.1. The number of hydrogen-bond acceptors (Lipinski definition) is 6. The van der Waals surface area contributed by atoms with E-state index >= 15 is 0 Å². The van der Waals surface area contributed by atoms with Gasteiger partial charge in [0.2, 0.25) is 0 Å². The van der Waals surface area contributed by atoms with Crippen LogP contribution in [0.2, 0.25) is 0 Å². The van der Waals surface area contributed by atoms with Crippen LogP contribution in [0.1, 0.15) is 5.56 Å². The van der Waals surface area contributed by atoms with Crippen LogP contribution >= 0.6 is 0 Å². The fourth-order valence-corrected chi connectivity index (χ4v) is 1.79. The van der Waals surface area contributed by atoms with Gasteiger partial charge < -0.3 is 19.3 Å². The summed E-state index contributed by atoms with van der Waals surface area (Å²) in [6, 6.07) is 3.23. The number of carboxylic acids is 1. The molecule has 1 aromatic carbocycles. The predicted molar refractivity (Wildman–Crippen MR) is 80.3 cm³/mol. The maximum absolute atomic E-state index is 10.6. The Kier molecular flexibility index (Phi) is 7.21. The summed E-state index contributed by atoms with van der Waals surface area (Å²) in [6.45, 7) is 3.96. The smallest absolute Gasteiger partial charge is 0.341 e. The quantitative estimate of drug-likeness (QED) is 0.520. The Morgan fingerprint density at radius 3 is 2.36 bits per heavy atom. The molecule has 0 saturated heterocycles. The molecule has 0 unspecified atom stereocenters. The predicted octanol–water partition coefficient (Wildman–Crippen LogP) is 1.72. The van der Waals surface area contributed by atoms with Crippen molar-refractivity contribution in [1.82, 2.24) is 5.06 Å². The van der Waals surface area contributed by atoms with Crippen molar-refractivity contribution in [1.29, 1.82) is 0 Å². The van der Waals surface area contributed by atoms with Gasteiger partial charge in [-0.25, -0.2) is 4.79 Å². The molecule has 0 heterocycles. The van der Waals surface area contributed by atoms with Crippen molar-refractivity contribution in [3.8, 4) is 17.2 Å². The van der Waals surface area contributed by atoms with Gasteiger partial charge in [0, 0.05) is 19.2 Å². The Balaban J connectivity index is 2.99. The van der Waals surface area contributed by atoms with E-state index < -0.39 is 12.6 Å². The minimum atomic E-state index is -1.06. The second-order valence-electron chi connectivity index (χ2n) is 4.36. The van der Waals surface area contributed by atoms with Crippen LogP contribution in [0.5, 0.6) is 17.2 Å². The molecule has 0 aliphatic carbocycles. The number of ether oxygens (including phenoxy) is 3. The summed E-state index contributed by atoms with van der Waals surface area (Å²) in [6.07, 6.45) is 1.65. The van der Waals surface area contributed by atoms with Gasteiger partial charge in [0.05, 0.1) is 32.9 Å². The molecule has 0 fully saturated rings. The molecule has 1 N–H and O–H groups in total. The Labute approximate surface area is 129 Å². The van der Waals surface area contributed by atoms with E-state index in [1.54, 1.807) is 30.3 Å². The monoisotopic (exact) mass is 311 g/mol. The molecular weight excluding hydrogens is 290 g/mol. The van der Waals surface area contributed by atoms with E-state index in [1.807, 2.05) is 0 Å². The third kappa shape index (κ3) is 5.27. The zero-order valence-corrected chi connectivity index (χ0v) is 13.0. The number of hydroxylamine groups is 2. The van der Waals surface area contributed by atoms with E-state index in [4.69, 9.17) is 24.2 Å². The number of rotatable bonds is 10. The first-order chi connectivity index (χ1) is 10.5. The molecule has 1 rings (SSSR count). The first kappa shape index (κ1) is 17.8. The lowest BCUT2D eigenvalue weighted by Crippen LogP contribution is -2.19. The molecule has 0 atom stereocenters. The molecular formula is C15H21NO6. The van der Waals surface area contributed by atoms with Crippen LogP contribution in [-0.4, -0.2) is 50.6 Å². The lowest BCUT2D eigenvalue weighted by Gasteiger charge is -2.20. The average Bonchev–Trinajstić information content (AvgIpc) is 2.51. The second kappa shape index (κ2) is 8.91. The van der Waals surface area contributed by atoms with Gasteiger partial charge in [-0.1, -0.05) is 6.08 Å². The van der Waals surface area contributed by atoms with Crippen molar-refractivity contribution in [3.05, 3.63) is 30.4 Å². The van der Waals surface area contributed by atoms with Crippen LogP contribution in [0.15, 0.2) is 24.8 Å². The van der Waals surface area contributed by atoms with Crippen LogP contribution in [0.4, 0.5) is 0 Å². The topological polar surface area (TPSA) is 77.5 Å². The highest BCUT2D eigenvalue weighted by atomic mass is 16.7. The van der Waals surface area contributed by atoms with Gasteiger partial charge in [-0.2, -0.15) is 5.06 Å². The lowest BCUT2D eigenvalue weighted by molar-refractivity contribution is -0.139. The summed E-state index contributed by atoms with van der Waals surface area (Å²) < 4.78 is 15.8. The molecule has 0 aliphatic rings. The summed E-state index contributed by atoms with van der Waals surface area (Å²) in [5, 5.41) is 10.3. The number of methoxy groups -OCH3 is 2. The number of carboxylic acid groups (broad SMARTS) is 1. The molecule has 0 bridgehead atoms. The molecule has 7 heteroatoms. The van der Waals surface area contributed by atoms with Crippen molar-refractivity contribution in [2.75, 3.05) is 34.5 Å². The molecule has 122 valence electrons. The highest BCUT2D eigenvalue weighted by Gasteiger charge is 2.16. The number of carbonyl (C=O) groups is 1. The standard InChI is InChI=1S/C15H21NO6/c1-5-6-22-16(2)9-12-13(19-3)7-11(8-14(12)20-4)21-10-15(17)18/h5,7-8H,1,6,9-10H2,2-4H3,(H,17,18). The summed E-state index contributed by atoms with van der Waals surface area (Å²) in [4.78, 5) is 16.0. The molecule has 0 radical (unpaired) electrons. The molecule has 0 saturated carbocycles. The normalized spacial score (nSPS) is 10.4. The molecule has 22 heavy (non-hydrogen) atoms. The summed E-state index contributed by atoms with van der Waals surface area (Å²) in [5.41, 5.74) is 0.763. The van der Waals surface area contributed by atoms with E-state index in [9.17, 15) is 4.79 Å². The molecule has 0 spiro atoms. The van der Waals surface area contributed by atoms with Crippen molar-refractivity contribution in [2.24, 2.45) is 0 Å². The van der Waals surface area contributed by atoms with Gasteiger partial charge in [-0.05, 0) is 0 Å². The molecule has 1 aromatic rings. The van der Waals surface area contributed by atoms with Crippen LogP contribution in [0, 0.1) is 0 Å². The van der Waals surface area contributed by atoms with Gasteiger partial charge in [-0.15, -0.1) is 6.58 Å². The third-order valence-electron chi connectivity index (χ3n) is 2.74. The first-order valence-electron chi connectivity index (χ1n) is 6.56. The van der Waals surface area contributed by atoms with Gasteiger partial charge >= 0.3 is 5.97 Å². The van der Waals surface area contributed by atoms with E-state index in [2.05, 4.69) is 6.58 Å². The fourth-order valence-electron chi connectivity index (χ4n) is 1.79. The van der Waals surface area contributed by atoms with Crippen LogP contribution in [-0.2, 0) is 16.2 Å². The van der Waals surface area contributed by atoms with E-state index in [0.717, 1.165) is 5.56 Å². The van der Waals surface area contributed by atoms with Crippen LogP contribution in [0.3, 0.4) is 0 Å². The number of benzene rings is 1. The number of hydrogen-bond donors (Lipinski definition) is 1. The summed E-state index contributed by atoms with van der Waals surface area (Å²) in [7, 11) is 4.81. The van der Waals surface area contributed by atoms with Gasteiger partial charge in [0.15, 0.2) is 6.61 Å². The molecule has 0 aromatic heterocycles. The SMILES string of the molecule is C=CCON(C)Cc1c(OC)cc(OCC(=O)O)cc1OC. The highest BCUT2D eigenvalue weighted by molar-refractivity contribution is 5.68. The van der Waals surface area contributed by atoms with Crippen molar-refractivity contribution >= 4 is 5.97 Å². The molecule has 0 aliphatic heterocycles. The maximum atomic E-state index is 10.6. The Morgan fingerprint density at radius 2 is 1.91 bits per heavy atom. The third-order valence-corrected chi connectivity index (χ3v) is 2.74. The molecule has 0 amide bonds. The minimum Gasteiger partial charge on any atom is -0.496 e. The zero-order chi connectivity index (χ0) is 16.5. The highest BCUT2D eigenvalue weighted by Crippen LogP contribution is 2.35.